The lowest BCUT2D eigenvalue weighted by molar-refractivity contribution is 0.255. The highest BCUT2D eigenvalue weighted by Gasteiger charge is 1.97. The third kappa shape index (κ3) is 3.78. The molecular formula is C10H11IN2O. The maximum absolute atomic E-state index is 11.2. The number of carbonyl (C=O) groups excluding carboxylic acids is 1. The maximum Gasteiger partial charge on any atom is 0.323 e. The smallest absolute Gasteiger partial charge is 0.315 e. The molecule has 0 atom stereocenters. The number of urea groups is 1. The predicted molar refractivity (Wildman–Crippen MR) is 66.1 cm³/mol. The van der Waals surface area contributed by atoms with Crippen LogP contribution in [0.25, 0.3) is 0 Å². The highest BCUT2D eigenvalue weighted by Crippen LogP contribution is 2.10. The molecule has 0 aliphatic carbocycles. The largest absolute Gasteiger partial charge is 0.323 e. The number of nitrogens with one attached hydrogen (secondary N) is 2. The lowest BCUT2D eigenvalue weighted by Crippen LogP contribution is -2.23. The van der Waals surface area contributed by atoms with Crippen molar-refractivity contribution in [2.45, 2.75) is 6.92 Å². The fourth-order valence-corrected chi connectivity index (χ4v) is 1.22. The van der Waals surface area contributed by atoms with Gasteiger partial charge in [0.1, 0.15) is 0 Å². The molecule has 0 aliphatic heterocycles. The second-order valence-electron chi connectivity index (χ2n) is 2.61. The summed E-state index contributed by atoms with van der Waals surface area (Å²) in [5, 5.41) is 5.26. The van der Waals surface area contributed by atoms with Gasteiger partial charge in [-0.2, -0.15) is 0 Å². The third-order valence-corrected chi connectivity index (χ3v) is 2.20. The Morgan fingerprint density at radius 2 is 2.00 bits per heavy atom. The molecule has 0 saturated heterocycles. The number of amides is 2. The molecule has 1 aromatic rings. The second kappa shape index (κ2) is 5.64. The fourth-order valence-electron chi connectivity index (χ4n) is 0.859. The number of allylic oxidation sites excluding steroid dienone is 1. The number of hydrogen-bond donors (Lipinski definition) is 2. The van der Waals surface area contributed by atoms with Crippen molar-refractivity contribution in [3.05, 3.63) is 40.1 Å². The van der Waals surface area contributed by atoms with Crippen LogP contribution >= 0.6 is 22.6 Å². The van der Waals surface area contributed by atoms with Gasteiger partial charge in [0, 0.05) is 15.5 Å². The van der Waals surface area contributed by atoms with Gasteiger partial charge in [0.25, 0.3) is 0 Å². The molecule has 0 unspecified atom stereocenters. The van der Waals surface area contributed by atoms with E-state index in [0.717, 1.165) is 9.26 Å². The first-order chi connectivity index (χ1) is 6.72. The van der Waals surface area contributed by atoms with Crippen LogP contribution in [0.1, 0.15) is 6.92 Å². The van der Waals surface area contributed by atoms with Gasteiger partial charge in [-0.05, 0) is 53.8 Å². The van der Waals surface area contributed by atoms with Gasteiger partial charge >= 0.3 is 6.03 Å². The van der Waals surface area contributed by atoms with Gasteiger partial charge in [-0.25, -0.2) is 4.79 Å². The van der Waals surface area contributed by atoms with Crippen molar-refractivity contribution in [1.82, 2.24) is 5.32 Å². The summed E-state index contributed by atoms with van der Waals surface area (Å²) in [6.07, 6.45) is 3.34. The molecule has 0 fully saturated rings. The Bertz CT molecular complexity index is 332. The molecular weight excluding hydrogens is 291 g/mol. The summed E-state index contributed by atoms with van der Waals surface area (Å²) in [5.74, 6) is 0. The molecule has 1 aromatic carbocycles. The highest BCUT2D eigenvalue weighted by molar-refractivity contribution is 14.1. The Hall–Kier alpha value is -1.04. The van der Waals surface area contributed by atoms with E-state index in [2.05, 4.69) is 33.2 Å². The van der Waals surface area contributed by atoms with Crippen molar-refractivity contribution >= 4 is 34.3 Å². The number of hydrogen-bond acceptors (Lipinski definition) is 1. The van der Waals surface area contributed by atoms with Gasteiger partial charge < -0.3 is 10.6 Å². The Morgan fingerprint density at radius 3 is 2.57 bits per heavy atom. The summed E-state index contributed by atoms with van der Waals surface area (Å²) in [7, 11) is 0. The molecule has 0 bridgehead atoms. The fraction of sp³-hybridized carbons (Fsp3) is 0.100. The minimum Gasteiger partial charge on any atom is -0.315 e. The molecule has 0 spiro atoms. The average molecular weight is 302 g/mol. The molecule has 2 amide bonds. The number of anilines is 1. The van der Waals surface area contributed by atoms with Gasteiger partial charge in [-0.1, -0.05) is 6.08 Å². The van der Waals surface area contributed by atoms with Crippen molar-refractivity contribution in [1.29, 1.82) is 0 Å². The zero-order valence-electron chi connectivity index (χ0n) is 7.75. The van der Waals surface area contributed by atoms with Crippen LogP contribution in [-0.2, 0) is 0 Å². The van der Waals surface area contributed by atoms with E-state index in [1.165, 1.54) is 0 Å². The Balaban J connectivity index is 2.52. The number of benzene rings is 1. The van der Waals surface area contributed by atoms with Crippen LogP contribution in [0.3, 0.4) is 0 Å². The summed E-state index contributed by atoms with van der Waals surface area (Å²) in [6, 6.07) is 7.36. The lowest BCUT2D eigenvalue weighted by atomic mass is 10.3. The minimum atomic E-state index is -0.232. The van der Waals surface area contributed by atoms with E-state index in [-0.39, 0.29) is 6.03 Å². The van der Waals surface area contributed by atoms with Crippen LogP contribution in [0.2, 0.25) is 0 Å². The molecule has 0 saturated carbocycles. The van der Waals surface area contributed by atoms with Gasteiger partial charge in [0.2, 0.25) is 0 Å². The monoisotopic (exact) mass is 302 g/mol. The number of rotatable bonds is 2. The maximum atomic E-state index is 11.2. The van der Waals surface area contributed by atoms with E-state index in [1.807, 2.05) is 31.2 Å². The van der Waals surface area contributed by atoms with E-state index in [4.69, 9.17) is 0 Å². The van der Waals surface area contributed by atoms with E-state index >= 15 is 0 Å². The lowest BCUT2D eigenvalue weighted by Gasteiger charge is -2.03. The van der Waals surface area contributed by atoms with E-state index < -0.39 is 0 Å². The van der Waals surface area contributed by atoms with Crippen molar-refractivity contribution in [2.75, 3.05) is 5.32 Å². The average Bonchev–Trinajstić information content (AvgIpc) is 2.18. The van der Waals surface area contributed by atoms with E-state index in [9.17, 15) is 4.79 Å². The van der Waals surface area contributed by atoms with Crippen molar-refractivity contribution in [2.24, 2.45) is 0 Å². The standard InChI is InChI=1S/C10H11IN2O/c1-2-7-12-10(14)13-9-5-3-8(11)4-6-9/h2-7H,1H3,(H2,12,13,14)/b7-2+. The van der Waals surface area contributed by atoms with Crippen molar-refractivity contribution < 1.29 is 4.79 Å². The zero-order chi connectivity index (χ0) is 10.4. The minimum absolute atomic E-state index is 0.232. The number of carbonyl (C=O) groups is 1. The second-order valence-corrected chi connectivity index (χ2v) is 3.85. The van der Waals surface area contributed by atoms with Gasteiger partial charge in [0.05, 0.1) is 0 Å². The first-order valence-corrected chi connectivity index (χ1v) is 5.24. The van der Waals surface area contributed by atoms with Crippen LogP contribution in [0.4, 0.5) is 10.5 Å². The first kappa shape index (κ1) is 11.0. The van der Waals surface area contributed by atoms with Crippen LogP contribution in [0.15, 0.2) is 36.5 Å². The molecule has 74 valence electrons. The predicted octanol–water partition coefficient (Wildman–Crippen LogP) is 2.95. The van der Waals surface area contributed by atoms with E-state index in [0.29, 0.717) is 0 Å². The SMILES string of the molecule is C/C=C/NC(=O)Nc1ccc(I)cc1. The highest BCUT2D eigenvalue weighted by atomic mass is 127. The summed E-state index contributed by atoms with van der Waals surface area (Å²) in [5.41, 5.74) is 0.785. The topological polar surface area (TPSA) is 41.1 Å². The summed E-state index contributed by atoms with van der Waals surface area (Å²) < 4.78 is 1.14. The normalized spacial score (nSPS) is 10.1. The van der Waals surface area contributed by atoms with Gasteiger partial charge in [-0.15, -0.1) is 0 Å². The molecule has 0 radical (unpaired) electrons. The summed E-state index contributed by atoms with van der Waals surface area (Å²) in [6.45, 7) is 1.84. The number of halogens is 1. The van der Waals surface area contributed by atoms with Crippen LogP contribution < -0.4 is 10.6 Å². The quantitative estimate of drug-likeness (QED) is 0.810. The van der Waals surface area contributed by atoms with Gasteiger partial charge in [-0.3, -0.25) is 0 Å². The van der Waals surface area contributed by atoms with Crippen LogP contribution in [0.5, 0.6) is 0 Å². The molecule has 0 aliphatic rings. The van der Waals surface area contributed by atoms with Crippen molar-refractivity contribution in [3.63, 3.8) is 0 Å². The molecule has 14 heavy (non-hydrogen) atoms. The third-order valence-electron chi connectivity index (χ3n) is 1.48. The Morgan fingerprint density at radius 1 is 1.36 bits per heavy atom. The molecule has 0 aromatic heterocycles. The molecule has 3 nitrogen and oxygen atoms in total. The van der Waals surface area contributed by atoms with Crippen LogP contribution in [0, 0.1) is 3.57 Å². The van der Waals surface area contributed by atoms with E-state index in [1.54, 1.807) is 12.3 Å². The van der Waals surface area contributed by atoms with Crippen molar-refractivity contribution in [3.8, 4) is 0 Å². The van der Waals surface area contributed by atoms with Gasteiger partial charge in [0.15, 0.2) is 0 Å². The molecule has 1 rings (SSSR count). The summed E-state index contributed by atoms with van der Waals surface area (Å²) in [4.78, 5) is 11.2. The Labute approximate surface area is 96.7 Å². The molecule has 0 heterocycles. The zero-order valence-corrected chi connectivity index (χ0v) is 9.91. The first-order valence-electron chi connectivity index (χ1n) is 4.16. The summed E-state index contributed by atoms with van der Waals surface area (Å²) >= 11 is 2.21. The van der Waals surface area contributed by atoms with Crippen LogP contribution in [-0.4, -0.2) is 6.03 Å². The molecule has 4 heteroatoms. The Kier molecular flexibility index (Phi) is 4.45. The molecule has 2 N–H and O–H groups in total.